The number of rotatable bonds is 2. The Morgan fingerprint density at radius 1 is 1.27 bits per heavy atom. The third-order valence-electron chi connectivity index (χ3n) is 4.09. The van der Waals surface area contributed by atoms with Gasteiger partial charge >= 0.3 is 10.8 Å². The molecule has 0 radical (unpaired) electrons. The van der Waals surface area contributed by atoms with E-state index in [4.69, 9.17) is 9.47 Å². The molecule has 0 spiro atoms. The Kier molecular flexibility index (Phi) is 3.27. The molecule has 0 amide bonds. The summed E-state index contributed by atoms with van der Waals surface area (Å²) in [6, 6.07) is 7.66. The van der Waals surface area contributed by atoms with Crippen LogP contribution in [-0.4, -0.2) is 29.9 Å². The summed E-state index contributed by atoms with van der Waals surface area (Å²) in [5.74, 6) is 0.218. The van der Waals surface area contributed by atoms with Gasteiger partial charge in [0, 0.05) is 10.8 Å². The van der Waals surface area contributed by atoms with Gasteiger partial charge in [-0.1, -0.05) is 35.2 Å². The maximum absolute atomic E-state index is 12.2. The quantitative estimate of drug-likeness (QED) is 0.853. The van der Waals surface area contributed by atoms with Crippen LogP contribution in [-0.2, 0) is 9.53 Å². The Morgan fingerprint density at radius 2 is 2.05 bits per heavy atom. The number of ether oxygens (including phenoxy) is 2. The molecule has 114 valence electrons. The van der Waals surface area contributed by atoms with Crippen molar-refractivity contribution in [1.29, 1.82) is 0 Å². The van der Waals surface area contributed by atoms with Crippen molar-refractivity contribution in [1.82, 2.24) is 4.98 Å². The van der Waals surface area contributed by atoms with E-state index in [0.29, 0.717) is 6.61 Å². The minimum atomic E-state index is -0.239. The molecule has 5 nitrogen and oxygen atoms in total. The van der Waals surface area contributed by atoms with Crippen molar-refractivity contribution in [3.05, 3.63) is 44.4 Å². The number of cyclic esters (lactones) is 1. The van der Waals surface area contributed by atoms with Gasteiger partial charge in [-0.3, -0.25) is 9.59 Å². The molecule has 1 N–H and O–H groups in total. The van der Waals surface area contributed by atoms with Crippen LogP contribution in [0.15, 0.2) is 34.1 Å². The molecule has 3 heterocycles. The van der Waals surface area contributed by atoms with E-state index in [-0.39, 0.29) is 27.9 Å². The third kappa shape index (κ3) is 2.07. The van der Waals surface area contributed by atoms with Crippen LogP contribution in [0.4, 0.5) is 0 Å². The van der Waals surface area contributed by atoms with E-state index in [1.807, 2.05) is 24.3 Å². The maximum atomic E-state index is 12.2. The first-order valence-electron chi connectivity index (χ1n) is 6.87. The molecule has 0 unspecified atom stereocenters. The number of carbonyl (C=O) groups is 1. The van der Waals surface area contributed by atoms with E-state index in [0.717, 1.165) is 21.2 Å². The number of esters is 1. The Balaban J connectivity index is 1.85. The van der Waals surface area contributed by atoms with E-state index in [9.17, 15) is 9.59 Å². The topological polar surface area (TPSA) is 68.4 Å². The second-order valence-electron chi connectivity index (χ2n) is 5.27. The summed E-state index contributed by atoms with van der Waals surface area (Å²) in [5.41, 5.74) is 1.01. The first-order chi connectivity index (χ1) is 10.7. The van der Waals surface area contributed by atoms with Crippen LogP contribution in [0.25, 0.3) is 0 Å². The number of hydrogen-bond donors (Lipinski definition) is 1. The number of carbonyl (C=O) groups excluding carboxylic acids is 1. The lowest BCUT2D eigenvalue weighted by atomic mass is 9.83. The number of benzene rings is 1. The van der Waals surface area contributed by atoms with Gasteiger partial charge in [-0.25, -0.2) is 0 Å². The van der Waals surface area contributed by atoms with Crippen LogP contribution in [0.3, 0.4) is 0 Å². The van der Waals surface area contributed by atoms with E-state index in [1.54, 1.807) is 18.9 Å². The Bertz CT molecular complexity index is 780. The molecule has 1 fully saturated rings. The molecule has 4 rings (SSSR count). The van der Waals surface area contributed by atoms with Crippen molar-refractivity contribution in [3.63, 3.8) is 0 Å². The van der Waals surface area contributed by atoms with Gasteiger partial charge < -0.3 is 14.5 Å². The van der Waals surface area contributed by atoms with Crippen LogP contribution < -0.4 is 9.61 Å². The van der Waals surface area contributed by atoms with Gasteiger partial charge in [-0.2, -0.15) is 0 Å². The molecule has 0 saturated carbocycles. The van der Waals surface area contributed by atoms with Gasteiger partial charge in [0.15, 0.2) is 0 Å². The minimum Gasteiger partial charge on any atom is -0.497 e. The van der Waals surface area contributed by atoms with Gasteiger partial charge in [0.25, 0.3) is 0 Å². The number of thiazole rings is 1. The van der Waals surface area contributed by atoms with Gasteiger partial charge in [0.05, 0.1) is 23.3 Å². The molecule has 7 heteroatoms. The van der Waals surface area contributed by atoms with Crippen molar-refractivity contribution in [3.8, 4) is 5.75 Å². The molecule has 0 bridgehead atoms. The van der Waals surface area contributed by atoms with E-state index >= 15 is 0 Å². The normalized spacial score (nSPS) is 26.2. The zero-order valence-corrected chi connectivity index (χ0v) is 13.3. The summed E-state index contributed by atoms with van der Waals surface area (Å²) in [7, 11) is 1.62. The predicted molar refractivity (Wildman–Crippen MR) is 83.9 cm³/mol. The monoisotopic (exact) mass is 335 g/mol. The number of H-pyrrole nitrogens is 1. The molecule has 22 heavy (non-hydrogen) atoms. The lowest BCUT2D eigenvalue weighted by Gasteiger charge is -2.29. The van der Waals surface area contributed by atoms with Crippen molar-refractivity contribution in [2.24, 2.45) is 5.92 Å². The summed E-state index contributed by atoms with van der Waals surface area (Å²) < 4.78 is 10.4. The smallest absolute Gasteiger partial charge is 0.311 e. The highest BCUT2D eigenvalue weighted by atomic mass is 32.2. The summed E-state index contributed by atoms with van der Waals surface area (Å²) in [4.78, 5) is 27.7. The first-order valence-corrected chi connectivity index (χ1v) is 8.57. The lowest BCUT2D eigenvalue weighted by molar-refractivity contribution is -0.141. The highest BCUT2D eigenvalue weighted by Crippen LogP contribution is 2.51. The summed E-state index contributed by atoms with van der Waals surface area (Å²) in [6.45, 7) is 0.401. The fourth-order valence-corrected chi connectivity index (χ4v) is 5.57. The summed E-state index contributed by atoms with van der Waals surface area (Å²) >= 11 is 2.73. The molecular weight excluding hydrogens is 322 g/mol. The minimum absolute atomic E-state index is 0.0531. The average Bonchev–Trinajstić information content (AvgIpc) is 3.07. The zero-order valence-electron chi connectivity index (χ0n) is 11.7. The van der Waals surface area contributed by atoms with Crippen molar-refractivity contribution in [2.75, 3.05) is 13.7 Å². The van der Waals surface area contributed by atoms with E-state index in [1.165, 1.54) is 11.3 Å². The molecule has 2 aliphatic rings. The van der Waals surface area contributed by atoms with Gasteiger partial charge in [0.1, 0.15) is 12.4 Å². The molecule has 1 aromatic heterocycles. The van der Waals surface area contributed by atoms with E-state index in [2.05, 4.69) is 4.98 Å². The summed E-state index contributed by atoms with van der Waals surface area (Å²) in [5, 5.41) is 0.924. The lowest BCUT2D eigenvalue weighted by Crippen LogP contribution is -2.29. The number of hydrogen-bond acceptors (Lipinski definition) is 6. The second kappa shape index (κ2) is 5.17. The van der Waals surface area contributed by atoms with Crippen molar-refractivity contribution >= 4 is 29.1 Å². The maximum Gasteiger partial charge on any atom is 0.311 e. The molecular formula is C15H13NO4S2. The second-order valence-corrected chi connectivity index (χ2v) is 7.54. The van der Waals surface area contributed by atoms with Crippen LogP contribution in [0.5, 0.6) is 5.75 Å². The average molecular weight is 335 g/mol. The molecule has 0 aliphatic carbocycles. The van der Waals surface area contributed by atoms with Gasteiger partial charge in [-0.15, -0.1) is 0 Å². The number of methoxy groups -OCH3 is 1. The van der Waals surface area contributed by atoms with Crippen LogP contribution >= 0.6 is 23.1 Å². The number of aromatic amines is 1. The van der Waals surface area contributed by atoms with Crippen molar-refractivity contribution in [2.45, 2.75) is 16.2 Å². The molecule has 1 saturated heterocycles. The fourth-order valence-electron chi connectivity index (χ4n) is 3.08. The van der Waals surface area contributed by atoms with Crippen LogP contribution in [0, 0.1) is 5.92 Å². The Morgan fingerprint density at radius 3 is 2.77 bits per heavy atom. The first kappa shape index (κ1) is 13.9. The standard InChI is InChI=1S/C15H13NO4S2/c1-19-8-4-2-7(3-5-8)10-11-9(6-20-14(11)17)21-13-12(10)22-15(18)16-13/h2-5,9-11H,6H2,1H3,(H,16,18)/t9-,10-,11+/m1/s1. The number of aromatic nitrogens is 1. The largest absolute Gasteiger partial charge is 0.497 e. The highest BCUT2D eigenvalue weighted by Gasteiger charge is 2.49. The van der Waals surface area contributed by atoms with Crippen LogP contribution in [0.2, 0.25) is 0 Å². The van der Waals surface area contributed by atoms with E-state index < -0.39 is 0 Å². The highest BCUT2D eigenvalue weighted by molar-refractivity contribution is 8.00. The van der Waals surface area contributed by atoms with Crippen LogP contribution in [0.1, 0.15) is 16.4 Å². The number of fused-ring (bicyclic) bond motifs is 2. The molecule has 2 aromatic rings. The zero-order chi connectivity index (χ0) is 15.3. The molecule has 3 atom stereocenters. The Hall–Kier alpha value is -1.73. The fraction of sp³-hybridized carbons (Fsp3) is 0.333. The molecule has 2 aliphatic heterocycles. The van der Waals surface area contributed by atoms with Crippen molar-refractivity contribution < 1.29 is 14.3 Å². The summed E-state index contributed by atoms with van der Waals surface area (Å²) in [6.07, 6.45) is 0. The number of nitrogens with one attached hydrogen (secondary N) is 1. The number of thioether (sulfide) groups is 1. The Labute approximate surface area is 134 Å². The SMILES string of the molecule is COc1ccc([C@H]2c3sc(=O)[nH]c3S[C@@H]3COC(=O)[C@H]23)cc1. The van der Waals surface area contributed by atoms with Gasteiger partial charge in [-0.05, 0) is 17.7 Å². The van der Waals surface area contributed by atoms with Gasteiger partial charge in [0.2, 0.25) is 0 Å². The predicted octanol–water partition coefficient (Wildman–Crippen LogP) is 2.22. The third-order valence-corrected chi connectivity index (χ3v) is 6.47. The molecule has 1 aromatic carbocycles.